The molecule has 4 rings (SSSR count). The van der Waals surface area contributed by atoms with E-state index >= 15 is 0 Å². The van der Waals surface area contributed by atoms with Crippen LogP contribution in [0.25, 0.3) is 22.6 Å². The van der Waals surface area contributed by atoms with Gasteiger partial charge in [-0.2, -0.15) is 0 Å². The van der Waals surface area contributed by atoms with Crippen LogP contribution >= 0.6 is 11.6 Å². The molecule has 1 aromatic carbocycles. The minimum absolute atomic E-state index is 0.142. The SMILES string of the molecule is C1CCCCC1.CNCC(O)COc1ccc(Cl)c(-c2nc(N)c(C)c(-c3c(C)noc3C)n2)c1.CO. The van der Waals surface area contributed by atoms with Gasteiger partial charge in [-0.15, -0.1) is 0 Å². The second-order valence-corrected chi connectivity index (χ2v) is 9.30. The quantitative estimate of drug-likeness (QED) is 0.335. The molecule has 5 N–H and O–H groups in total. The summed E-state index contributed by atoms with van der Waals surface area (Å²) in [7, 11) is 2.76. The van der Waals surface area contributed by atoms with E-state index in [0.29, 0.717) is 46.0 Å². The summed E-state index contributed by atoms with van der Waals surface area (Å²) in [6.07, 6.45) is 8.37. The molecule has 0 radical (unpaired) electrons. The Morgan fingerprint density at radius 2 is 1.70 bits per heavy atom. The lowest BCUT2D eigenvalue weighted by Gasteiger charge is -2.14. The highest BCUT2D eigenvalue weighted by Gasteiger charge is 2.20. The summed E-state index contributed by atoms with van der Waals surface area (Å²) < 4.78 is 11.0. The minimum Gasteiger partial charge on any atom is -0.491 e. The number of aliphatic hydroxyl groups excluding tert-OH is 2. The summed E-state index contributed by atoms with van der Waals surface area (Å²) in [6, 6.07) is 5.16. The molecule has 1 aliphatic rings. The number of rotatable bonds is 7. The molecule has 204 valence electrons. The fourth-order valence-corrected chi connectivity index (χ4v) is 4.23. The number of anilines is 1. The first-order chi connectivity index (χ1) is 17.8. The Hall–Kier alpha value is -2.72. The second-order valence-electron chi connectivity index (χ2n) is 8.89. The van der Waals surface area contributed by atoms with Gasteiger partial charge in [-0.05, 0) is 46.0 Å². The molecule has 1 atom stereocenters. The molecule has 3 aromatic rings. The van der Waals surface area contributed by atoms with Gasteiger partial charge in [0.2, 0.25) is 0 Å². The average Bonchev–Trinajstić information content (AvgIpc) is 3.25. The fraction of sp³-hybridized carbons (Fsp3) is 0.519. The smallest absolute Gasteiger partial charge is 0.163 e. The van der Waals surface area contributed by atoms with Gasteiger partial charge in [-0.1, -0.05) is 55.3 Å². The number of aliphatic hydroxyl groups is 2. The number of likely N-dealkylation sites (N-methyl/N-ethyl adjacent to an activating group) is 1. The minimum atomic E-state index is -0.628. The molecule has 1 unspecified atom stereocenters. The van der Waals surface area contributed by atoms with Crippen LogP contribution < -0.4 is 15.8 Å². The monoisotopic (exact) mass is 533 g/mol. The van der Waals surface area contributed by atoms with E-state index in [1.807, 2.05) is 20.8 Å². The van der Waals surface area contributed by atoms with Crippen LogP contribution in [0.4, 0.5) is 5.82 Å². The molecule has 0 aliphatic heterocycles. The van der Waals surface area contributed by atoms with Crippen molar-refractivity contribution in [1.82, 2.24) is 20.4 Å². The fourth-order valence-electron chi connectivity index (χ4n) is 4.03. The van der Waals surface area contributed by atoms with Crippen LogP contribution in [0.5, 0.6) is 5.75 Å². The molecule has 37 heavy (non-hydrogen) atoms. The molecule has 1 fully saturated rings. The number of nitrogens with zero attached hydrogens (tertiary/aromatic N) is 3. The van der Waals surface area contributed by atoms with Gasteiger partial charge in [-0.25, -0.2) is 9.97 Å². The lowest BCUT2D eigenvalue weighted by Crippen LogP contribution is -2.29. The lowest BCUT2D eigenvalue weighted by atomic mass is 10.0. The molecular formula is C27H40ClN5O4. The topological polar surface area (TPSA) is 140 Å². The lowest BCUT2D eigenvalue weighted by molar-refractivity contribution is 0.108. The molecule has 0 spiro atoms. The number of benzene rings is 1. The largest absolute Gasteiger partial charge is 0.491 e. The van der Waals surface area contributed by atoms with Crippen LogP contribution in [-0.4, -0.2) is 58.8 Å². The first-order valence-corrected chi connectivity index (χ1v) is 13.0. The maximum atomic E-state index is 9.84. The molecule has 0 bridgehead atoms. The number of nitrogens with two attached hydrogens (primary N) is 1. The third kappa shape index (κ3) is 8.67. The van der Waals surface area contributed by atoms with Crippen molar-refractivity contribution < 1.29 is 19.5 Å². The second kappa shape index (κ2) is 15.5. The molecule has 0 saturated heterocycles. The zero-order valence-corrected chi connectivity index (χ0v) is 23.2. The van der Waals surface area contributed by atoms with Crippen LogP contribution in [0.3, 0.4) is 0 Å². The Balaban J connectivity index is 0.000000519. The number of hydrogen-bond acceptors (Lipinski definition) is 9. The van der Waals surface area contributed by atoms with Gasteiger partial charge < -0.3 is 30.5 Å². The molecule has 2 heterocycles. The van der Waals surface area contributed by atoms with Gasteiger partial charge in [0, 0.05) is 24.8 Å². The first-order valence-electron chi connectivity index (χ1n) is 12.6. The Morgan fingerprint density at radius 1 is 1.08 bits per heavy atom. The van der Waals surface area contributed by atoms with E-state index in [2.05, 4.69) is 15.5 Å². The zero-order chi connectivity index (χ0) is 27.4. The Kier molecular flexibility index (Phi) is 12.8. The van der Waals surface area contributed by atoms with Crippen LogP contribution in [0, 0.1) is 20.8 Å². The number of aromatic nitrogens is 3. The van der Waals surface area contributed by atoms with Gasteiger partial charge in [0.15, 0.2) is 5.82 Å². The van der Waals surface area contributed by atoms with Gasteiger partial charge in [0.25, 0.3) is 0 Å². The Bertz CT molecular complexity index is 1090. The standard InChI is InChI=1S/C20H24ClN5O3.C6H12.CH4O/c1-10-18(17-11(2)26-29-12(17)3)24-20(25-19(10)22)15-7-14(5-6-16(15)21)28-9-13(27)8-23-4;1-2-4-6-5-3-1;1-2/h5-7,13,23,27H,8-9H2,1-4H3,(H2,22,24,25);1-6H2;2H,1H3. The summed E-state index contributed by atoms with van der Waals surface area (Å²) >= 11 is 6.41. The van der Waals surface area contributed by atoms with E-state index in [1.54, 1.807) is 25.2 Å². The van der Waals surface area contributed by atoms with Crippen molar-refractivity contribution in [2.24, 2.45) is 0 Å². The van der Waals surface area contributed by atoms with Crippen molar-refractivity contribution in [2.75, 3.05) is 33.0 Å². The normalized spacial score (nSPS) is 13.6. The molecule has 0 amide bonds. The summed E-state index contributed by atoms with van der Waals surface area (Å²) in [5, 5.41) is 24.2. The summed E-state index contributed by atoms with van der Waals surface area (Å²) in [4.78, 5) is 9.12. The summed E-state index contributed by atoms with van der Waals surface area (Å²) in [6.45, 7) is 6.10. The van der Waals surface area contributed by atoms with Crippen molar-refractivity contribution in [3.05, 3.63) is 40.2 Å². The molecule has 1 saturated carbocycles. The number of aryl methyl sites for hydroxylation is 2. The van der Waals surface area contributed by atoms with Crippen molar-refractivity contribution in [2.45, 2.75) is 65.4 Å². The van der Waals surface area contributed by atoms with Crippen LogP contribution in [0.15, 0.2) is 22.7 Å². The Labute approximate surface area is 224 Å². The van der Waals surface area contributed by atoms with Crippen LogP contribution in [0.2, 0.25) is 5.02 Å². The van der Waals surface area contributed by atoms with Crippen molar-refractivity contribution >= 4 is 17.4 Å². The van der Waals surface area contributed by atoms with E-state index in [1.165, 1.54) is 38.5 Å². The summed E-state index contributed by atoms with van der Waals surface area (Å²) in [5.74, 6) is 1.91. The first kappa shape index (κ1) is 30.5. The Morgan fingerprint density at radius 3 is 2.24 bits per heavy atom. The maximum absolute atomic E-state index is 9.84. The summed E-state index contributed by atoms with van der Waals surface area (Å²) in [5.41, 5.74) is 9.64. The van der Waals surface area contributed by atoms with E-state index in [4.69, 9.17) is 36.7 Å². The molecule has 9 nitrogen and oxygen atoms in total. The van der Waals surface area contributed by atoms with Crippen molar-refractivity contribution in [3.8, 4) is 28.4 Å². The highest BCUT2D eigenvalue weighted by Crippen LogP contribution is 2.35. The highest BCUT2D eigenvalue weighted by molar-refractivity contribution is 6.33. The van der Waals surface area contributed by atoms with Crippen molar-refractivity contribution in [3.63, 3.8) is 0 Å². The van der Waals surface area contributed by atoms with Gasteiger partial charge in [-0.3, -0.25) is 0 Å². The molecule has 10 heteroatoms. The zero-order valence-electron chi connectivity index (χ0n) is 22.5. The van der Waals surface area contributed by atoms with Crippen molar-refractivity contribution in [1.29, 1.82) is 0 Å². The molecular weight excluding hydrogens is 494 g/mol. The van der Waals surface area contributed by atoms with Gasteiger partial charge in [0.1, 0.15) is 30.0 Å². The average molecular weight is 534 g/mol. The van der Waals surface area contributed by atoms with E-state index < -0.39 is 6.10 Å². The number of nitrogens with one attached hydrogen (secondary N) is 1. The number of ether oxygens (including phenoxy) is 1. The molecule has 2 aromatic heterocycles. The molecule has 1 aliphatic carbocycles. The third-order valence-corrected chi connectivity index (χ3v) is 6.34. The third-order valence-electron chi connectivity index (χ3n) is 6.01. The predicted octanol–water partition coefficient (Wildman–Crippen LogP) is 4.87. The number of nitrogen functional groups attached to an aromatic ring is 1. The van der Waals surface area contributed by atoms with Gasteiger partial charge >= 0.3 is 0 Å². The van der Waals surface area contributed by atoms with Crippen LogP contribution in [-0.2, 0) is 0 Å². The number of hydrogen-bond donors (Lipinski definition) is 4. The highest BCUT2D eigenvalue weighted by atomic mass is 35.5. The maximum Gasteiger partial charge on any atom is 0.163 e. The van der Waals surface area contributed by atoms with E-state index in [9.17, 15) is 5.11 Å². The van der Waals surface area contributed by atoms with Gasteiger partial charge in [0.05, 0.1) is 22.0 Å². The van der Waals surface area contributed by atoms with E-state index in [-0.39, 0.29) is 6.61 Å². The van der Waals surface area contributed by atoms with E-state index in [0.717, 1.165) is 23.9 Å². The van der Waals surface area contributed by atoms with Crippen LogP contribution in [0.1, 0.15) is 55.5 Å². The number of halogens is 1. The predicted molar refractivity (Wildman–Crippen MR) is 148 cm³/mol.